The van der Waals surface area contributed by atoms with Crippen LogP contribution in [0, 0.1) is 6.92 Å². The van der Waals surface area contributed by atoms with Crippen molar-refractivity contribution in [3.63, 3.8) is 0 Å². The molecule has 0 aliphatic rings. The number of rotatable bonds is 3. The highest BCUT2D eigenvalue weighted by atomic mass is 19.4. The van der Waals surface area contributed by atoms with Crippen molar-refractivity contribution in [2.75, 3.05) is 5.32 Å². The molecule has 23 heavy (non-hydrogen) atoms. The molecule has 0 aromatic carbocycles. The Hall–Kier alpha value is -2.71. The summed E-state index contributed by atoms with van der Waals surface area (Å²) in [6, 6.07) is 2.08. The Morgan fingerprint density at radius 1 is 1.17 bits per heavy atom. The van der Waals surface area contributed by atoms with Crippen LogP contribution in [0.15, 0.2) is 24.5 Å². The van der Waals surface area contributed by atoms with E-state index in [4.69, 9.17) is 0 Å². The summed E-state index contributed by atoms with van der Waals surface area (Å²) in [5, 5.41) is 10.5. The van der Waals surface area contributed by atoms with Gasteiger partial charge in [0.15, 0.2) is 5.65 Å². The van der Waals surface area contributed by atoms with E-state index in [2.05, 4.69) is 30.5 Å². The molecule has 3 heterocycles. The zero-order chi connectivity index (χ0) is 16.6. The molecule has 0 saturated heterocycles. The van der Waals surface area contributed by atoms with Crippen LogP contribution in [0.3, 0.4) is 0 Å². The van der Waals surface area contributed by atoms with Gasteiger partial charge in [-0.1, -0.05) is 6.07 Å². The molecule has 0 fully saturated rings. The highest BCUT2D eigenvalue weighted by Gasteiger charge is 2.32. The maximum Gasteiger partial charge on any atom is 0.433 e. The topological polar surface area (TPSA) is 79.4 Å². The normalized spacial score (nSPS) is 13.3. The fourth-order valence-electron chi connectivity index (χ4n) is 2.17. The summed E-state index contributed by atoms with van der Waals surface area (Å²) in [5.74, 6) is 1.12. The van der Waals surface area contributed by atoms with E-state index in [0.29, 0.717) is 28.2 Å². The van der Waals surface area contributed by atoms with E-state index in [9.17, 15) is 13.2 Å². The van der Waals surface area contributed by atoms with Gasteiger partial charge in [-0.05, 0) is 25.5 Å². The number of hydrogen-bond donors (Lipinski definition) is 2. The Bertz CT molecular complexity index is 825. The molecule has 3 aromatic rings. The first-order valence-electron chi connectivity index (χ1n) is 6.82. The number of pyridine rings is 1. The van der Waals surface area contributed by atoms with Gasteiger partial charge in [0.25, 0.3) is 0 Å². The summed E-state index contributed by atoms with van der Waals surface area (Å²) in [6.45, 7) is 3.56. The first-order chi connectivity index (χ1) is 10.8. The molecule has 2 N–H and O–H groups in total. The van der Waals surface area contributed by atoms with E-state index in [1.807, 2.05) is 6.92 Å². The summed E-state index contributed by atoms with van der Waals surface area (Å²) in [5.41, 5.74) is 0.298. The Labute approximate surface area is 129 Å². The van der Waals surface area contributed by atoms with E-state index in [1.165, 1.54) is 12.3 Å². The van der Waals surface area contributed by atoms with Gasteiger partial charge < -0.3 is 5.32 Å². The summed E-state index contributed by atoms with van der Waals surface area (Å²) in [6.07, 6.45) is -1.64. The molecule has 0 spiro atoms. The lowest BCUT2D eigenvalue weighted by molar-refractivity contribution is -0.141. The highest BCUT2D eigenvalue weighted by molar-refractivity contribution is 5.85. The van der Waals surface area contributed by atoms with Crippen LogP contribution < -0.4 is 5.32 Å². The number of alkyl halides is 3. The number of aromatic nitrogens is 5. The lowest BCUT2D eigenvalue weighted by Gasteiger charge is -2.16. The quantitative estimate of drug-likeness (QED) is 0.774. The van der Waals surface area contributed by atoms with Crippen LogP contribution in [-0.2, 0) is 6.18 Å². The Morgan fingerprint density at radius 3 is 2.61 bits per heavy atom. The van der Waals surface area contributed by atoms with Gasteiger partial charge >= 0.3 is 6.18 Å². The van der Waals surface area contributed by atoms with Crippen molar-refractivity contribution in [3.05, 3.63) is 41.6 Å². The van der Waals surface area contributed by atoms with Crippen LogP contribution in [0.5, 0.6) is 0 Å². The van der Waals surface area contributed by atoms with Crippen molar-refractivity contribution in [1.82, 2.24) is 25.1 Å². The van der Waals surface area contributed by atoms with Gasteiger partial charge in [0.1, 0.15) is 17.3 Å². The van der Waals surface area contributed by atoms with Gasteiger partial charge in [0.2, 0.25) is 0 Å². The second kappa shape index (κ2) is 5.49. The number of aromatic amines is 1. The van der Waals surface area contributed by atoms with E-state index < -0.39 is 11.9 Å². The Balaban J connectivity index is 1.86. The number of H-pyrrole nitrogens is 1. The van der Waals surface area contributed by atoms with Gasteiger partial charge in [0, 0.05) is 6.20 Å². The lowest BCUT2D eigenvalue weighted by atomic mass is 10.1. The number of hydrogen-bond acceptors (Lipinski definition) is 5. The zero-order valence-electron chi connectivity index (χ0n) is 12.3. The van der Waals surface area contributed by atoms with Crippen molar-refractivity contribution < 1.29 is 13.2 Å². The standard InChI is InChI=1S/C14H13F3N6/c1-7(9-3-4-11(18-5-9)14(15,16)17)20-12-10-6-19-23-13(10)22-8(2)21-12/h3-7H,1-2H3,(H2,19,20,21,22,23)/t7-/m1/s1. The third-order valence-electron chi connectivity index (χ3n) is 3.35. The lowest BCUT2D eigenvalue weighted by Crippen LogP contribution is -2.12. The van der Waals surface area contributed by atoms with Crippen LogP contribution in [-0.4, -0.2) is 25.1 Å². The highest BCUT2D eigenvalue weighted by Crippen LogP contribution is 2.29. The molecule has 9 heteroatoms. The Kier molecular flexibility index (Phi) is 3.63. The van der Waals surface area contributed by atoms with Crippen LogP contribution in [0.2, 0.25) is 0 Å². The fourth-order valence-corrected chi connectivity index (χ4v) is 2.17. The molecule has 1 atom stereocenters. The van der Waals surface area contributed by atoms with Crippen molar-refractivity contribution in [1.29, 1.82) is 0 Å². The largest absolute Gasteiger partial charge is 0.433 e. The first kappa shape index (κ1) is 15.2. The third-order valence-corrected chi connectivity index (χ3v) is 3.35. The predicted molar refractivity (Wildman–Crippen MR) is 77.7 cm³/mol. The van der Waals surface area contributed by atoms with Gasteiger partial charge in [-0.25, -0.2) is 9.97 Å². The molecule has 6 nitrogen and oxygen atoms in total. The van der Waals surface area contributed by atoms with Crippen LogP contribution in [0.4, 0.5) is 19.0 Å². The molecule has 0 saturated carbocycles. The van der Waals surface area contributed by atoms with E-state index >= 15 is 0 Å². The van der Waals surface area contributed by atoms with Crippen molar-refractivity contribution >= 4 is 16.9 Å². The molecule has 0 bridgehead atoms. The predicted octanol–water partition coefficient (Wildman–Crippen LogP) is 3.25. The van der Waals surface area contributed by atoms with Crippen molar-refractivity contribution in [2.45, 2.75) is 26.1 Å². The smallest absolute Gasteiger partial charge is 0.363 e. The van der Waals surface area contributed by atoms with Gasteiger partial charge in [-0.2, -0.15) is 18.3 Å². The molecule has 0 unspecified atom stereocenters. The van der Waals surface area contributed by atoms with Crippen LogP contribution in [0.1, 0.15) is 30.0 Å². The first-order valence-corrected chi connectivity index (χ1v) is 6.82. The molecule has 0 amide bonds. The summed E-state index contributed by atoms with van der Waals surface area (Å²) < 4.78 is 37.6. The van der Waals surface area contributed by atoms with Crippen LogP contribution >= 0.6 is 0 Å². The fraction of sp³-hybridized carbons (Fsp3) is 0.286. The van der Waals surface area contributed by atoms with E-state index in [1.54, 1.807) is 13.1 Å². The molecule has 120 valence electrons. The minimum Gasteiger partial charge on any atom is -0.363 e. The second-order valence-electron chi connectivity index (χ2n) is 5.09. The average molecular weight is 322 g/mol. The number of aryl methyl sites for hydroxylation is 1. The van der Waals surface area contributed by atoms with Crippen LogP contribution in [0.25, 0.3) is 11.0 Å². The van der Waals surface area contributed by atoms with E-state index in [0.717, 1.165) is 6.07 Å². The maximum atomic E-state index is 12.5. The summed E-state index contributed by atoms with van der Waals surface area (Å²) >= 11 is 0. The minimum absolute atomic E-state index is 0.280. The SMILES string of the molecule is Cc1nc(N[C@H](C)c2ccc(C(F)(F)F)nc2)c2cn[nH]c2n1. The molecule has 0 aliphatic carbocycles. The molecule has 3 rings (SSSR count). The number of nitrogens with zero attached hydrogens (tertiary/aromatic N) is 4. The molecular weight excluding hydrogens is 309 g/mol. The number of anilines is 1. The monoisotopic (exact) mass is 322 g/mol. The van der Waals surface area contributed by atoms with Gasteiger partial charge in [0.05, 0.1) is 17.6 Å². The Morgan fingerprint density at radius 2 is 1.96 bits per heavy atom. The molecular formula is C14H13F3N6. The molecule has 3 aromatic heterocycles. The molecule has 0 radical (unpaired) electrons. The summed E-state index contributed by atoms with van der Waals surface area (Å²) in [4.78, 5) is 12.0. The van der Waals surface area contributed by atoms with Crippen molar-refractivity contribution in [3.8, 4) is 0 Å². The average Bonchev–Trinajstić information content (AvgIpc) is 2.94. The maximum absolute atomic E-state index is 12.5. The molecule has 0 aliphatic heterocycles. The third kappa shape index (κ3) is 3.08. The van der Waals surface area contributed by atoms with E-state index in [-0.39, 0.29) is 6.04 Å². The van der Waals surface area contributed by atoms with Gasteiger partial charge in [-0.3, -0.25) is 10.1 Å². The number of halogens is 3. The van der Waals surface area contributed by atoms with Gasteiger partial charge in [-0.15, -0.1) is 0 Å². The summed E-state index contributed by atoms with van der Waals surface area (Å²) in [7, 11) is 0. The number of fused-ring (bicyclic) bond motifs is 1. The number of nitrogens with one attached hydrogen (secondary N) is 2. The zero-order valence-corrected chi connectivity index (χ0v) is 12.3. The minimum atomic E-state index is -4.44. The van der Waals surface area contributed by atoms with Crippen molar-refractivity contribution in [2.24, 2.45) is 0 Å². The second-order valence-corrected chi connectivity index (χ2v) is 5.09.